The molecule has 0 saturated carbocycles. The molecule has 0 fully saturated rings. The maximum Gasteiger partial charge on any atom is -0.0282 e. The number of rotatable bonds is 12. The van der Waals surface area contributed by atoms with Crippen molar-refractivity contribution in [3.05, 3.63) is 24.3 Å². The molecule has 0 amide bonds. The molecule has 0 saturated heterocycles. The van der Waals surface area contributed by atoms with Gasteiger partial charge in [0.25, 0.3) is 0 Å². The van der Waals surface area contributed by atoms with E-state index in [4.69, 9.17) is 0 Å². The van der Waals surface area contributed by atoms with Gasteiger partial charge < -0.3 is 0 Å². The fraction of sp³-hybridized carbons (Fsp3) is 0.765. The summed E-state index contributed by atoms with van der Waals surface area (Å²) in [7, 11) is 0. The van der Waals surface area contributed by atoms with Crippen LogP contribution in [-0.4, -0.2) is 0 Å². The summed E-state index contributed by atoms with van der Waals surface area (Å²) in [6, 6.07) is 0. The Morgan fingerprint density at radius 1 is 0.824 bits per heavy atom. The summed E-state index contributed by atoms with van der Waals surface area (Å²) in [6.07, 6.45) is 19.2. The van der Waals surface area contributed by atoms with E-state index < -0.39 is 0 Å². The third kappa shape index (κ3) is 11.7. The van der Waals surface area contributed by atoms with E-state index in [1.54, 1.807) is 0 Å². The SMILES string of the molecule is C=CC(=CCCCCCC)CCCCCCC. The first-order chi connectivity index (χ1) is 8.35. The smallest absolute Gasteiger partial charge is 0.0282 e. The number of hydrogen-bond donors (Lipinski definition) is 0. The van der Waals surface area contributed by atoms with Crippen molar-refractivity contribution in [2.75, 3.05) is 0 Å². The Morgan fingerprint density at radius 2 is 1.41 bits per heavy atom. The van der Waals surface area contributed by atoms with Crippen LogP contribution in [0.5, 0.6) is 0 Å². The molecule has 0 aromatic rings. The zero-order valence-corrected chi connectivity index (χ0v) is 12.1. The van der Waals surface area contributed by atoms with Crippen LogP contribution in [0.1, 0.15) is 84.5 Å². The highest BCUT2D eigenvalue weighted by Crippen LogP contribution is 2.14. The maximum absolute atomic E-state index is 3.92. The summed E-state index contributed by atoms with van der Waals surface area (Å²) in [6.45, 7) is 8.46. The molecule has 0 aliphatic heterocycles. The third-order valence-corrected chi connectivity index (χ3v) is 3.30. The topological polar surface area (TPSA) is 0 Å². The Bertz CT molecular complexity index is 188. The molecule has 0 heterocycles. The lowest BCUT2D eigenvalue weighted by Gasteiger charge is -2.03. The van der Waals surface area contributed by atoms with Crippen molar-refractivity contribution in [1.82, 2.24) is 0 Å². The minimum absolute atomic E-state index is 1.24. The number of unbranched alkanes of at least 4 members (excludes halogenated alkanes) is 8. The average molecular weight is 236 g/mol. The molecule has 0 radical (unpaired) electrons. The molecule has 0 heteroatoms. The van der Waals surface area contributed by atoms with Crippen LogP contribution in [0, 0.1) is 0 Å². The predicted octanol–water partition coefficient (Wildman–Crippen LogP) is 6.43. The van der Waals surface area contributed by atoms with Gasteiger partial charge in [-0.2, -0.15) is 0 Å². The molecule has 100 valence electrons. The molecule has 0 unspecified atom stereocenters. The normalized spacial score (nSPS) is 11.8. The molecule has 0 N–H and O–H groups in total. The molecule has 0 spiro atoms. The van der Waals surface area contributed by atoms with Crippen LogP contribution in [-0.2, 0) is 0 Å². The van der Waals surface area contributed by atoms with Crippen LogP contribution >= 0.6 is 0 Å². The van der Waals surface area contributed by atoms with Crippen LogP contribution in [0.2, 0.25) is 0 Å². The van der Waals surface area contributed by atoms with Crippen LogP contribution in [0.15, 0.2) is 24.3 Å². The Morgan fingerprint density at radius 3 is 2.00 bits per heavy atom. The fourth-order valence-electron chi connectivity index (χ4n) is 2.08. The van der Waals surface area contributed by atoms with Crippen molar-refractivity contribution < 1.29 is 0 Å². The standard InChI is InChI=1S/C17H32/c1-4-7-9-11-13-15-17(6-3)16-14-12-10-8-5-2/h6,15H,3-5,7-14,16H2,1-2H3. The molecular formula is C17H32. The van der Waals surface area contributed by atoms with Crippen molar-refractivity contribution in [3.8, 4) is 0 Å². The van der Waals surface area contributed by atoms with E-state index in [9.17, 15) is 0 Å². The van der Waals surface area contributed by atoms with Crippen LogP contribution in [0.3, 0.4) is 0 Å². The minimum atomic E-state index is 1.24. The van der Waals surface area contributed by atoms with Gasteiger partial charge in [-0.1, -0.05) is 83.1 Å². The van der Waals surface area contributed by atoms with Gasteiger partial charge in [-0.05, 0) is 25.7 Å². The van der Waals surface area contributed by atoms with E-state index in [1.807, 2.05) is 0 Å². The predicted molar refractivity (Wildman–Crippen MR) is 80.4 cm³/mol. The van der Waals surface area contributed by atoms with E-state index in [1.165, 1.54) is 76.2 Å². The van der Waals surface area contributed by atoms with Gasteiger partial charge in [0, 0.05) is 0 Å². The van der Waals surface area contributed by atoms with E-state index >= 15 is 0 Å². The molecular weight excluding hydrogens is 204 g/mol. The molecule has 0 aromatic carbocycles. The second kappa shape index (κ2) is 13.5. The summed E-state index contributed by atoms with van der Waals surface area (Å²) in [5, 5.41) is 0. The zero-order valence-electron chi connectivity index (χ0n) is 12.1. The van der Waals surface area contributed by atoms with Gasteiger partial charge in [0.05, 0.1) is 0 Å². The van der Waals surface area contributed by atoms with E-state index in [-0.39, 0.29) is 0 Å². The third-order valence-electron chi connectivity index (χ3n) is 3.30. The highest BCUT2D eigenvalue weighted by Gasteiger charge is 1.94. The molecule has 0 nitrogen and oxygen atoms in total. The second-order valence-corrected chi connectivity index (χ2v) is 5.00. The molecule has 0 bridgehead atoms. The van der Waals surface area contributed by atoms with Gasteiger partial charge in [0.2, 0.25) is 0 Å². The Balaban J connectivity index is 3.52. The number of hydrogen-bond acceptors (Lipinski definition) is 0. The first-order valence-corrected chi connectivity index (χ1v) is 7.66. The molecule has 0 aliphatic carbocycles. The van der Waals surface area contributed by atoms with E-state index in [0.717, 1.165) is 0 Å². The molecule has 17 heavy (non-hydrogen) atoms. The molecule has 0 aliphatic rings. The van der Waals surface area contributed by atoms with Crippen LogP contribution < -0.4 is 0 Å². The zero-order chi connectivity index (χ0) is 12.8. The van der Waals surface area contributed by atoms with Crippen LogP contribution in [0.25, 0.3) is 0 Å². The Labute approximate surface area is 109 Å². The van der Waals surface area contributed by atoms with Crippen molar-refractivity contribution >= 4 is 0 Å². The van der Waals surface area contributed by atoms with Crippen molar-refractivity contribution in [3.63, 3.8) is 0 Å². The summed E-state index contributed by atoms with van der Waals surface area (Å²) in [5.74, 6) is 0. The van der Waals surface area contributed by atoms with Gasteiger partial charge in [-0.25, -0.2) is 0 Å². The van der Waals surface area contributed by atoms with E-state index in [2.05, 4.69) is 32.6 Å². The fourth-order valence-corrected chi connectivity index (χ4v) is 2.08. The van der Waals surface area contributed by atoms with Gasteiger partial charge >= 0.3 is 0 Å². The lowest BCUT2D eigenvalue weighted by atomic mass is 10.0. The minimum Gasteiger partial charge on any atom is -0.0988 e. The lowest BCUT2D eigenvalue weighted by molar-refractivity contribution is 0.631. The summed E-state index contributed by atoms with van der Waals surface area (Å²) in [5.41, 5.74) is 1.47. The van der Waals surface area contributed by atoms with Gasteiger partial charge in [-0.3, -0.25) is 0 Å². The highest BCUT2D eigenvalue weighted by atomic mass is 14.0. The van der Waals surface area contributed by atoms with Gasteiger partial charge in [0.1, 0.15) is 0 Å². The molecule has 0 rings (SSSR count). The highest BCUT2D eigenvalue weighted by molar-refractivity contribution is 5.15. The average Bonchev–Trinajstić information content (AvgIpc) is 2.36. The molecule has 0 aromatic heterocycles. The Hall–Kier alpha value is -0.520. The monoisotopic (exact) mass is 236 g/mol. The summed E-state index contributed by atoms with van der Waals surface area (Å²) >= 11 is 0. The first kappa shape index (κ1) is 16.5. The second-order valence-electron chi connectivity index (χ2n) is 5.00. The van der Waals surface area contributed by atoms with Crippen molar-refractivity contribution in [2.24, 2.45) is 0 Å². The van der Waals surface area contributed by atoms with Gasteiger partial charge in [-0.15, -0.1) is 0 Å². The summed E-state index contributed by atoms with van der Waals surface area (Å²) < 4.78 is 0. The van der Waals surface area contributed by atoms with Crippen molar-refractivity contribution in [2.45, 2.75) is 84.5 Å². The molecule has 0 atom stereocenters. The first-order valence-electron chi connectivity index (χ1n) is 7.66. The Kier molecular flexibility index (Phi) is 13.1. The quantitative estimate of drug-likeness (QED) is 0.270. The summed E-state index contributed by atoms with van der Waals surface area (Å²) in [4.78, 5) is 0. The lowest BCUT2D eigenvalue weighted by Crippen LogP contribution is -1.83. The van der Waals surface area contributed by atoms with Crippen molar-refractivity contribution in [1.29, 1.82) is 0 Å². The largest absolute Gasteiger partial charge is 0.0988 e. The van der Waals surface area contributed by atoms with E-state index in [0.29, 0.717) is 0 Å². The maximum atomic E-state index is 3.92. The van der Waals surface area contributed by atoms with Gasteiger partial charge in [0.15, 0.2) is 0 Å². The number of allylic oxidation sites excluding steroid dienone is 3. The van der Waals surface area contributed by atoms with Crippen LogP contribution in [0.4, 0.5) is 0 Å².